The standard InChI is InChI=1S/C13H16ClNO2/c1-2-17-11(16)8-13(15)7-6-9-4-3-5-10(14)12(9)13/h3-5H,2,6-8,15H2,1H3. The van der Waals surface area contributed by atoms with E-state index >= 15 is 0 Å². The summed E-state index contributed by atoms with van der Waals surface area (Å²) in [4.78, 5) is 11.6. The second kappa shape index (κ2) is 4.67. The zero-order chi connectivity index (χ0) is 12.5. The minimum Gasteiger partial charge on any atom is -0.466 e. The summed E-state index contributed by atoms with van der Waals surface area (Å²) >= 11 is 6.18. The second-order valence-electron chi connectivity index (χ2n) is 4.41. The van der Waals surface area contributed by atoms with E-state index in [1.54, 1.807) is 6.92 Å². The van der Waals surface area contributed by atoms with Crippen LogP contribution in [-0.2, 0) is 21.5 Å². The first-order valence-corrected chi connectivity index (χ1v) is 6.17. The van der Waals surface area contributed by atoms with Gasteiger partial charge < -0.3 is 10.5 Å². The Morgan fingerprint density at radius 2 is 2.35 bits per heavy atom. The van der Waals surface area contributed by atoms with E-state index in [4.69, 9.17) is 22.1 Å². The lowest BCUT2D eigenvalue weighted by molar-refractivity contribution is -0.144. The summed E-state index contributed by atoms with van der Waals surface area (Å²) < 4.78 is 4.96. The van der Waals surface area contributed by atoms with Gasteiger partial charge >= 0.3 is 5.97 Å². The Bertz CT molecular complexity index is 447. The van der Waals surface area contributed by atoms with E-state index in [-0.39, 0.29) is 12.4 Å². The fraction of sp³-hybridized carbons (Fsp3) is 0.462. The molecule has 2 N–H and O–H groups in total. The third-order valence-corrected chi connectivity index (χ3v) is 3.52. The maximum atomic E-state index is 11.6. The van der Waals surface area contributed by atoms with Crippen molar-refractivity contribution < 1.29 is 9.53 Å². The molecule has 92 valence electrons. The molecular weight excluding hydrogens is 238 g/mol. The topological polar surface area (TPSA) is 52.3 Å². The molecule has 0 bridgehead atoms. The summed E-state index contributed by atoms with van der Waals surface area (Å²) in [7, 11) is 0. The predicted octanol–water partition coefficient (Wildman–Crippen LogP) is 2.39. The largest absolute Gasteiger partial charge is 0.466 e. The number of nitrogens with two attached hydrogens (primary N) is 1. The van der Waals surface area contributed by atoms with E-state index in [0.717, 1.165) is 24.0 Å². The molecule has 2 rings (SSSR count). The lowest BCUT2D eigenvalue weighted by Gasteiger charge is -2.25. The van der Waals surface area contributed by atoms with Crippen molar-refractivity contribution in [1.29, 1.82) is 0 Å². The maximum absolute atomic E-state index is 11.6. The van der Waals surface area contributed by atoms with E-state index in [1.165, 1.54) is 0 Å². The van der Waals surface area contributed by atoms with E-state index in [0.29, 0.717) is 11.6 Å². The highest BCUT2D eigenvalue weighted by Crippen LogP contribution is 2.41. The number of carbonyl (C=O) groups is 1. The third-order valence-electron chi connectivity index (χ3n) is 3.20. The fourth-order valence-corrected chi connectivity index (χ4v) is 2.85. The van der Waals surface area contributed by atoms with Crippen LogP contribution in [0.1, 0.15) is 30.9 Å². The highest BCUT2D eigenvalue weighted by atomic mass is 35.5. The lowest BCUT2D eigenvalue weighted by atomic mass is 9.89. The summed E-state index contributed by atoms with van der Waals surface area (Å²) in [5.74, 6) is -0.261. The van der Waals surface area contributed by atoms with E-state index in [9.17, 15) is 4.79 Å². The summed E-state index contributed by atoms with van der Waals surface area (Å²) in [6.45, 7) is 2.17. The SMILES string of the molecule is CCOC(=O)CC1(N)CCc2cccc(Cl)c21. The molecule has 0 saturated heterocycles. The van der Waals surface area contributed by atoms with Crippen LogP contribution in [0.4, 0.5) is 0 Å². The molecule has 0 aliphatic heterocycles. The number of benzene rings is 1. The highest BCUT2D eigenvalue weighted by molar-refractivity contribution is 6.31. The van der Waals surface area contributed by atoms with Crippen LogP contribution in [0.15, 0.2) is 18.2 Å². The molecular formula is C13H16ClNO2. The zero-order valence-electron chi connectivity index (χ0n) is 9.83. The molecule has 0 saturated carbocycles. The molecule has 1 aliphatic rings. The number of halogens is 1. The van der Waals surface area contributed by atoms with Crippen LogP contribution >= 0.6 is 11.6 Å². The minimum absolute atomic E-state index is 0.192. The van der Waals surface area contributed by atoms with Crippen LogP contribution < -0.4 is 5.73 Å². The summed E-state index contributed by atoms with van der Waals surface area (Å²) in [6, 6.07) is 5.75. The van der Waals surface area contributed by atoms with Crippen molar-refractivity contribution in [2.75, 3.05) is 6.61 Å². The summed E-state index contributed by atoms with van der Waals surface area (Å²) in [5, 5.41) is 0.645. The number of hydrogen-bond donors (Lipinski definition) is 1. The molecule has 0 radical (unpaired) electrons. The Balaban J connectivity index is 2.28. The molecule has 0 amide bonds. The van der Waals surface area contributed by atoms with Gasteiger partial charge in [-0.15, -0.1) is 0 Å². The van der Waals surface area contributed by atoms with Gasteiger partial charge in [-0.05, 0) is 37.0 Å². The van der Waals surface area contributed by atoms with Gasteiger partial charge in [0.2, 0.25) is 0 Å². The molecule has 0 heterocycles. The van der Waals surface area contributed by atoms with Gasteiger partial charge in [0, 0.05) is 5.02 Å². The number of carbonyl (C=O) groups excluding carboxylic acids is 1. The first kappa shape index (κ1) is 12.4. The van der Waals surface area contributed by atoms with Crippen molar-refractivity contribution in [1.82, 2.24) is 0 Å². The second-order valence-corrected chi connectivity index (χ2v) is 4.82. The van der Waals surface area contributed by atoms with Gasteiger partial charge in [0.05, 0.1) is 18.6 Å². The van der Waals surface area contributed by atoms with Crippen molar-refractivity contribution in [2.24, 2.45) is 5.73 Å². The molecule has 1 aliphatic carbocycles. The predicted molar refractivity (Wildman–Crippen MR) is 66.9 cm³/mol. The molecule has 4 heteroatoms. The van der Waals surface area contributed by atoms with Crippen LogP contribution in [0.25, 0.3) is 0 Å². The van der Waals surface area contributed by atoms with Gasteiger partial charge in [0.1, 0.15) is 0 Å². The molecule has 1 aromatic carbocycles. The van der Waals surface area contributed by atoms with E-state index in [2.05, 4.69) is 0 Å². The van der Waals surface area contributed by atoms with Crippen LogP contribution in [0.5, 0.6) is 0 Å². The van der Waals surface area contributed by atoms with E-state index in [1.807, 2.05) is 18.2 Å². The molecule has 0 aromatic heterocycles. The Morgan fingerprint density at radius 3 is 3.06 bits per heavy atom. The molecule has 1 unspecified atom stereocenters. The molecule has 1 atom stereocenters. The van der Waals surface area contributed by atoms with Crippen LogP contribution in [-0.4, -0.2) is 12.6 Å². The Labute approximate surface area is 106 Å². The first-order chi connectivity index (χ1) is 8.07. The molecule has 0 fully saturated rings. The first-order valence-electron chi connectivity index (χ1n) is 5.79. The van der Waals surface area contributed by atoms with Crippen LogP contribution in [0, 0.1) is 0 Å². The van der Waals surface area contributed by atoms with Gasteiger partial charge in [-0.25, -0.2) is 0 Å². The quantitative estimate of drug-likeness (QED) is 0.842. The maximum Gasteiger partial charge on any atom is 0.307 e. The number of hydrogen-bond acceptors (Lipinski definition) is 3. The number of aryl methyl sites for hydroxylation is 1. The van der Waals surface area contributed by atoms with Crippen molar-refractivity contribution in [2.45, 2.75) is 31.7 Å². The average Bonchev–Trinajstić information content (AvgIpc) is 2.58. The van der Waals surface area contributed by atoms with Crippen molar-refractivity contribution >= 4 is 17.6 Å². The van der Waals surface area contributed by atoms with Crippen molar-refractivity contribution in [3.8, 4) is 0 Å². The zero-order valence-corrected chi connectivity index (χ0v) is 10.6. The number of esters is 1. The van der Waals surface area contributed by atoms with Gasteiger partial charge in [-0.1, -0.05) is 23.7 Å². The monoisotopic (exact) mass is 253 g/mol. The lowest BCUT2D eigenvalue weighted by Crippen LogP contribution is -2.37. The number of fused-ring (bicyclic) bond motifs is 1. The summed E-state index contributed by atoms with van der Waals surface area (Å²) in [6.07, 6.45) is 1.80. The Morgan fingerprint density at radius 1 is 1.59 bits per heavy atom. The molecule has 3 nitrogen and oxygen atoms in total. The minimum atomic E-state index is -0.667. The summed E-state index contributed by atoms with van der Waals surface area (Å²) in [5.41, 5.74) is 7.71. The highest BCUT2D eigenvalue weighted by Gasteiger charge is 2.39. The number of rotatable bonds is 3. The molecule has 0 spiro atoms. The normalized spacial score (nSPS) is 22.3. The molecule has 1 aromatic rings. The smallest absolute Gasteiger partial charge is 0.307 e. The average molecular weight is 254 g/mol. The van der Waals surface area contributed by atoms with Crippen LogP contribution in [0.2, 0.25) is 5.02 Å². The third kappa shape index (κ3) is 2.31. The van der Waals surface area contributed by atoms with Crippen molar-refractivity contribution in [3.63, 3.8) is 0 Å². The van der Waals surface area contributed by atoms with Gasteiger partial charge in [-0.3, -0.25) is 4.79 Å². The Kier molecular flexibility index (Phi) is 3.40. The van der Waals surface area contributed by atoms with Gasteiger partial charge in [0.15, 0.2) is 0 Å². The molecule has 17 heavy (non-hydrogen) atoms. The van der Waals surface area contributed by atoms with Gasteiger partial charge in [0.25, 0.3) is 0 Å². The fourth-order valence-electron chi connectivity index (χ4n) is 2.46. The Hall–Kier alpha value is -1.06. The van der Waals surface area contributed by atoms with Crippen molar-refractivity contribution in [3.05, 3.63) is 34.3 Å². The number of ether oxygens (including phenoxy) is 1. The van der Waals surface area contributed by atoms with Crippen LogP contribution in [0.3, 0.4) is 0 Å². The van der Waals surface area contributed by atoms with Gasteiger partial charge in [-0.2, -0.15) is 0 Å². The van der Waals surface area contributed by atoms with E-state index < -0.39 is 5.54 Å².